The van der Waals surface area contributed by atoms with Crippen LogP contribution in [-0.4, -0.2) is 27.3 Å². The van der Waals surface area contributed by atoms with Crippen molar-refractivity contribution in [1.82, 2.24) is 0 Å². The molecule has 2 aromatic rings. The van der Waals surface area contributed by atoms with Crippen molar-refractivity contribution in [1.29, 1.82) is 0 Å². The Morgan fingerprint density at radius 2 is 1.64 bits per heavy atom. The summed E-state index contributed by atoms with van der Waals surface area (Å²) in [5.74, 6) is 1.06. The zero-order chi connectivity index (χ0) is 15.9. The maximum Gasteiger partial charge on any atom is 0.332 e. The lowest BCUT2D eigenvalue weighted by Gasteiger charge is -2.18. The van der Waals surface area contributed by atoms with E-state index in [0.29, 0.717) is 5.75 Å². The number of nitrogens with one attached hydrogen (secondary N) is 1. The molecule has 116 valence electrons. The summed E-state index contributed by atoms with van der Waals surface area (Å²) in [5, 5.41) is 3.16. The van der Waals surface area contributed by atoms with E-state index < -0.39 is 6.04 Å². The van der Waals surface area contributed by atoms with Gasteiger partial charge in [-0.2, -0.15) is 0 Å². The number of hydrogen-bond donors (Lipinski definition) is 1. The lowest BCUT2D eigenvalue weighted by atomic mass is 10.1. The van der Waals surface area contributed by atoms with E-state index in [4.69, 9.17) is 14.2 Å². The first kappa shape index (κ1) is 15.7. The summed E-state index contributed by atoms with van der Waals surface area (Å²) in [6.45, 7) is 0. The van der Waals surface area contributed by atoms with Gasteiger partial charge in [-0.05, 0) is 42.0 Å². The molecule has 0 aromatic heterocycles. The number of esters is 1. The summed E-state index contributed by atoms with van der Waals surface area (Å²) in [5.41, 5.74) is 1.56. The second-order valence-corrected chi connectivity index (χ2v) is 4.61. The van der Waals surface area contributed by atoms with Gasteiger partial charge in [0.1, 0.15) is 11.5 Å². The number of methoxy groups -OCH3 is 3. The van der Waals surface area contributed by atoms with Crippen LogP contribution in [0.5, 0.6) is 11.5 Å². The number of carbonyl (C=O) groups is 1. The smallest absolute Gasteiger partial charge is 0.332 e. The van der Waals surface area contributed by atoms with E-state index in [1.807, 2.05) is 42.5 Å². The Morgan fingerprint density at radius 1 is 0.955 bits per heavy atom. The van der Waals surface area contributed by atoms with Crippen LogP contribution < -0.4 is 14.8 Å². The van der Waals surface area contributed by atoms with Gasteiger partial charge in [0.25, 0.3) is 0 Å². The highest BCUT2D eigenvalue weighted by molar-refractivity contribution is 5.81. The van der Waals surface area contributed by atoms with Crippen molar-refractivity contribution in [3.8, 4) is 11.5 Å². The zero-order valence-corrected chi connectivity index (χ0v) is 12.8. The first-order chi connectivity index (χ1) is 10.7. The molecule has 0 aliphatic rings. The number of anilines is 1. The van der Waals surface area contributed by atoms with Gasteiger partial charge >= 0.3 is 5.97 Å². The van der Waals surface area contributed by atoms with Crippen molar-refractivity contribution >= 4 is 11.7 Å². The van der Waals surface area contributed by atoms with Gasteiger partial charge in [0, 0.05) is 5.69 Å². The van der Waals surface area contributed by atoms with Crippen LogP contribution in [0.4, 0.5) is 5.69 Å². The predicted octanol–water partition coefficient (Wildman–Crippen LogP) is 3.03. The van der Waals surface area contributed by atoms with Crippen molar-refractivity contribution in [2.45, 2.75) is 6.04 Å². The third kappa shape index (κ3) is 3.69. The van der Waals surface area contributed by atoms with E-state index >= 15 is 0 Å². The Bertz CT molecular complexity index is 625. The number of carbonyl (C=O) groups excluding carboxylic acids is 1. The third-order valence-corrected chi connectivity index (χ3v) is 3.27. The molecule has 2 aromatic carbocycles. The second-order valence-electron chi connectivity index (χ2n) is 4.61. The standard InChI is InChI=1S/C17H19NO4/c1-20-14-9-7-13(8-10-14)18-16(17(19)22-3)12-5-4-6-15(11-12)21-2/h4-11,16,18H,1-3H3. The summed E-state index contributed by atoms with van der Waals surface area (Å²) in [7, 11) is 4.56. The van der Waals surface area contributed by atoms with Crippen LogP contribution in [0.25, 0.3) is 0 Å². The molecule has 5 nitrogen and oxygen atoms in total. The molecule has 0 aliphatic carbocycles. The molecule has 1 unspecified atom stereocenters. The molecule has 0 spiro atoms. The Balaban J connectivity index is 2.27. The predicted molar refractivity (Wildman–Crippen MR) is 84.4 cm³/mol. The summed E-state index contributed by atoms with van der Waals surface area (Å²) >= 11 is 0. The number of hydrogen-bond acceptors (Lipinski definition) is 5. The largest absolute Gasteiger partial charge is 0.497 e. The van der Waals surface area contributed by atoms with Crippen molar-refractivity contribution in [2.24, 2.45) is 0 Å². The molecule has 1 atom stereocenters. The van der Waals surface area contributed by atoms with Crippen LogP contribution in [0, 0.1) is 0 Å². The fourth-order valence-electron chi connectivity index (χ4n) is 2.07. The molecule has 0 radical (unpaired) electrons. The topological polar surface area (TPSA) is 56.8 Å². The summed E-state index contributed by atoms with van der Waals surface area (Å²) in [6.07, 6.45) is 0. The van der Waals surface area contributed by atoms with Crippen LogP contribution in [0.15, 0.2) is 48.5 Å². The van der Waals surface area contributed by atoms with Gasteiger partial charge in [0.05, 0.1) is 21.3 Å². The van der Waals surface area contributed by atoms with E-state index in [1.165, 1.54) is 7.11 Å². The van der Waals surface area contributed by atoms with Crippen molar-refractivity contribution < 1.29 is 19.0 Å². The summed E-state index contributed by atoms with van der Waals surface area (Å²) in [4.78, 5) is 12.1. The minimum atomic E-state index is -0.617. The van der Waals surface area contributed by atoms with Crippen LogP contribution in [-0.2, 0) is 9.53 Å². The number of benzene rings is 2. The fraction of sp³-hybridized carbons (Fsp3) is 0.235. The van der Waals surface area contributed by atoms with Crippen LogP contribution in [0.3, 0.4) is 0 Å². The van der Waals surface area contributed by atoms with Crippen molar-refractivity contribution in [2.75, 3.05) is 26.6 Å². The van der Waals surface area contributed by atoms with E-state index in [1.54, 1.807) is 20.3 Å². The van der Waals surface area contributed by atoms with Crippen molar-refractivity contribution in [3.05, 3.63) is 54.1 Å². The molecule has 5 heteroatoms. The van der Waals surface area contributed by atoms with E-state index in [-0.39, 0.29) is 5.97 Å². The Labute approximate surface area is 129 Å². The van der Waals surface area contributed by atoms with Crippen LogP contribution in [0.2, 0.25) is 0 Å². The van der Waals surface area contributed by atoms with E-state index in [0.717, 1.165) is 17.0 Å². The molecular weight excluding hydrogens is 282 g/mol. The molecule has 0 bridgehead atoms. The molecule has 2 rings (SSSR count). The molecule has 0 fully saturated rings. The van der Waals surface area contributed by atoms with Crippen LogP contribution in [0.1, 0.15) is 11.6 Å². The van der Waals surface area contributed by atoms with Gasteiger partial charge < -0.3 is 19.5 Å². The Kier molecular flexibility index (Phi) is 5.25. The van der Waals surface area contributed by atoms with Crippen LogP contribution >= 0.6 is 0 Å². The van der Waals surface area contributed by atoms with E-state index in [2.05, 4.69) is 5.32 Å². The molecule has 0 saturated carbocycles. The fourth-order valence-corrected chi connectivity index (χ4v) is 2.07. The summed E-state index contributed by atoms with van der Waals surface area (Å²) < 4.78 is 15.2. The van der Waals surface area contributed by atoms with Gasteiger partial charge in [-0.15, -0.1) is 0 Å². The molecule has 1 N–H and O–H groups in total. The average molecular weight is 301 g/mol. The highest BCUT2D eigenvalue weighted by Crippen LogP contribution is 2.25. The van der Waals surface area contributed by atoms with Crippen molar-refractivity contribution in [3.63, 3.8) is 0 Å². The van der Waals surface area contributed by atoms with Gasteiger partial charge in [-0.3, -0.25) is 0 Å². The number of ether oxygens (including phenoxy) is 3. The Morgan fingerprint density at radius 3 is 2.23 bits per heavy atom. The monoisotopic (exact) mass is 301 g/mol. The molecular formula is C17H19NO4. The summed E-state index contributed by atoms with van der Waals surface area (Å²) in [6, 6.07) is 14.0. The highest BCUT2D eigenvalue weighted by atomic mass is 16.5. The van der Waals surface area contributed by atoms with Gasteiger partial charge in [-0.25, -0.2) is 4.79 Å². The van der Waals surface area contributed by atoms with Gasteiger partial charge in [0.2, 0.25) is 0 Å². The quantitative estimate of drug-likeness (QED) is 0.831. The van der Waals surface area contributed by atoms with Gasteiger partial charge in [-0.1, -0.05) is 12.1 Å². The Hall–Kier alpha value is -2.69. The first-order valence-electron chi connectivity index (χ1n) is 6.80. The molecule has 0 heterocycles. The average Bonchev–Trinajstić information content (AvgIpc) is 2.59. The lowest BCUT2D eigenvalue weighted by molar-refractivity contribution is -0.141. The minimum Gasteiger partial charge on any atom is -0.497 e. The molecule has 22 heavy (non-hydrogen) atoms. The minimum absolute atomic E-state index is 0.371. The molecule has 0 amide bonds. The lowest BCUT2D eigenvalue weighted by Crippen LogP contribution is -2.22. The maximum absolute atomic E-state index is 12.1. The SMILES string of the molecule is COC(=O)C(Nc1ccc(OC)cc1)c1cccc(OC)c1. The molecule has 0 saturated heterocycles. The number of rotatable bonds is 6. The maximum atomic E-state index is 12.1. The highest BCUT2D eigenvalue weighted by Gasteiger charge is 2.21. The zero-order valence-electron chi connectivity index (χ0n) is 12.8. The normalized spacial score (nSPS) is 11.4. The molecule has 0 aliphatic heterocycles. The first-order valence-corrected chi connectivity index (χ1v) is 6.80. The third-order valence-electron chi connectivity index (χ3n) is 3.27. The second kappa shape index (κ2) is 7.36. The van der Waals surface area contributed by atoms with Gasteiger partial charge in [0.15, 0.2) is 6.04 Å². The van der Waals surface area contributed by atoms with E-state index in [9.17, 15) is 4.79 Å².